The predicted octanol–water partition coefficient (Wildman–Crippen LogP) is 11.9. The maximum absolute atomic E-state index is 6.60. The van der Waals surface area contributed by atoms with E-state index in [0.717, 1.165) is 16.9 Å². The highest BCUT2D eigenvalue weighted by Gasteiger charge is 2.40. The van der Waals surface area contributed by atoms with Crippen LogP contribution in [-0.4, -0.2) is 8.07 Å². The van der Waals surface area contributed by atoms with Crippen LogP contribution < -0.4 is 15.3 Å². The number of para-hydroxylation sites is 1. The van der Waals surface area contributed by atoms with Crippen molar-refractivity contribution in [2.45, 2.75) is 13.1 Å². The first kappa shape index (κ1) is 27.7. The number of fused-ring (bicyclic) bond motifs is 10. The molecule has 1 aliphatic rings. The minimum Gasteiger partial charge on any atom is -0.455 e. The van der Waals surface area contributed by atoms with Crippen LogP contribution in [0.25, 0.3) is 64.4 Å². The molecule has 0 saturated heterocycles. The van der Waals surface area contributed by atoms with Gasteiger partial charge in [-0.25, -0.2) is 0 Å². The summed E-state index contributed by atoms with van der Waals surface area (Å²) in [4.78, 5) is 2.47. The minimum absolute atomic E-state index is 0.951. The molecule has 3 heterocycles. The van der Waals surface area contributed by atoms with Gasteiger partial charge in [-0.05, 0) is 69.5 Å². The summed E-state index contributed by atoms with van der Waals surface area (Å²) in [5.41, 5.74) is 10.5. The van der Waals surface area contributed by atoms with Crippen LogP contribution in [0.5, 0.6) is 0 Å². The Morgan fingerprint density at radius 2 is 1.25 bits per heavy atom. The second kappa shape index (κ2) is 10.3. The lowest BCUT2D eigenvalue weighted by Crippen LogP contribution is -2.49. The lowest BCUT2D eigenvalue weighted by atomic mass is 10.0. The first-order valence-electron chi connectivity index (χ1n) is 16.5. The summed E-state index contributed by atoms with van der Waals surface area (Å²) in [5, 5.41) is 7.90. The molecule has 9 aromatic rings. The maximum Gasteiger partial charge on any atom is 0.143 e. The molecule has 0 bridgehead atoms. The summed E-state index contributed by atoms with van der Waals surface area (Å²) in [6, 6.07) is 55.4. The van der Waals surface area contributed by atoms with Crippen molar-refractivity contribution in [3.8, 4) is 22.3 Å². The molecule has 2 nitrogen and oxygen atoms in total. The van der Waals surface area contributed by atoms with Gasteiger partial charge in [-0.3, -0.25) is 0 Å². The molecule has 0 atom stereocenters. The number of furan rings is 1. The fourth-order valence-electron chi connectivity index (χ4n) is 7.90. The van der Waals surface area contributed by atoms with Crippen LogP contribution in [0.3, 0.4) is 0 Å². The number of hydrogen-bond acceptors (Lipinski definition) is 3. The van der Waals surface area contributed by atoms with Crippen molar-refractivity contribution in [2.75, 3.05) is 4.90 Å². The zero-order valence-electron chi connectivity index (χ0n) is 26.7. The molecular formula is C44H31NOSSi. The lowest BCUT2D eigenvalue weighted by Gasteiger charge is -2.28. The van der Waals surface area contributed by atoms with Crippen molar-refractivity contribution in [2.24, 2.45) is 0 Å². The molecule has 228 valence electrons. The van der Waals surface area contributed by atoms with Gasteiger partial charge in [-0.1, -0.05) is 122 Å². The Hall–Kier alpha value is -5.42. The number of benzene rings is 7. The fraction of sp³-hybridized carbons (Fsp3) is 0.0455. The smallest absolute Gasteiger partial charge is 0.143 e. The van der Waals surface area contributed by atoms with E-state index in [-0.39, 0.29) is 0 Å². The Bertz CT molecular complexity index is 2700. The second-order valence-electron chi connectivity index (χ2n) is 13.3. The summed E-state index contributed by atoms with van der Waals surface area (Å²) >= 11 is 1.88. The summed E-state index contributed by atoms with van der Waals surface area (Å²) in [6.45, 7) is 4.98. The van der Waals surface area contributed by atoms with Gasteiger partial charge in [0.05, 0.1) is 10.4 Å². The van der Waals surface area contributed by atoms with Crippen LogP contribution >= 0.6 is 11.3 Å². The normalized spacial score (nSPS) is 13.4. The van der Waals surface area contributed by atoms with E-state index in [1.54, 1.807) is 0 Å². The third-order valence-electron chi connectivity index (χ3n) is 10.3. The van der Waals surface area contributed by atoms with Crippen LogP contribution in [0, 0.1) is 0 Å². The standard InChI is InChI=1S/C44H31NOSSi/c1-48(2)40-26-25-34-32-13-6-8-17-38(32)46-43(34)42(40)36-24-23-31(27-41(36)48)45(30-21-19-29(20-22-30)28-11-4-3-5-12-28)37-16-10-15-35-33-14-7-9-18-39(33)47-44(35)37/h3-27H,1-2H3. The average Bonchev–Trinajstić information content (AvgIpc) is 3.77. The zero-order valence-corrected chi connectivity index (χ0v) is 28.5. The molecule has 0 unspecified atom stereocenters. The van der Waals surface area contributed by atoms with Crippen molar-refractivity contribution >= 4 is 89.0 Å². The van der Waals surface area contributed by atoms with Gasteiger partial charge in [0.2, 0.25) is 0 Å². The highest BCUT2D eigenvalue weighted by Crippen LogP contribution is 2.46. The van der Waals surface area contributed by atoms with E-state index in [4.69, 9.17) is 4.42 Å². The summed E-state index contributed by atoms with van der Waals surface area (Å²) in [7, 11) is -2.04. The largest absolute Gasteiger partial charge is 0.455 e. The molecule has 0 spiro atoms. The number of nitrogens with zero attached hydrogens (tertiary/aromatic N) is 1. The summed E-state index contributed by atoms with van der Waals surface area (Å²) in [5.74, 6) is 0. The van der Waals surface area contributed by atoms with Crippen LogP contribution in [0.15, 0.2) is 156 Å². The monoisotopic (exact) mass is 649 g/mol. The summed E-state index contributed by atoms with van der Waals surface area (Å²) < 4.78 is 9.21. The topological polar surface area (TPSA) is 16.4 Å². The van der Waals surface area contributed by atoms with Crippen molar-refractivity contribution in [3.63, 3.8) is 0 Å². The Labute approximate surface area is 284 Å². The molecule has 4 heteroatoms. The van der Waals surface area contributed by atoms with Crippen LogP contribution in [-0.2, 0) is 0 Å². The van der Waals surface area contributed by atoms with E-state index in [2.05, 4.69) is 170 Å². The third-order valence-corrected chi connectivity index (χ3v) is 15.0. The Morgan fingerprint density at radius 1 is 0.542 bits per heavy atom. The van der Waals surface area contributed by atoms with Crippen LogP contribution in [0.1, 0.15) is 0 Å². The molecule has 2 aromatic heterocycles. The number of anilines is 3. The number of thiophene rings is 1. The zero-order chi connectivity index (χ0) is 32.0. The van der Waals surface area contributed by atoms with Gasteiger partial charge in [0.1, 0.15) is 19.2 Å². The predicted molar refractivity (Wildman–Crippen MR) is 209 cm³/mol. The molecule has 0 amide bonds. The van der Waals surface area contributed by atoms with Crippen LogP contribution in [0.2, 0.25) is 13.1 Å². The Kier molecular flexibility index (Phi) is 5.93. The molecule has 7 aromatic carbocycles. The SMILES string of the molecule is C[Si]1(C)c2cc(N(c3ccc(-c4ccccc4)cc3)c3cccc4c3sc3ccccc34)ccc2-c2c1ccc1c2oc2ccccc21. The molecule has 0 saturated carbocycles. The van der Waals surface area contributed by atoms with Crippen molar-refractivity contribution < 1.29 is 4.42 Å². The number of rotatable bonds is 4. The van der Waals surface area contributed by atoms with Gasteiger partial charge in [-0.15, -0.1) is 11.3 Å². The van der Waals surface area contributed by atoms with Gasteiger partial charge in [0.15, 0.2) is 0 Å². The van der Waals surface area contributed by atoms with Crippen molar-refractivity contribution in [1.29, 1.82) is 0 Å². The molecule has 10 rings (SSSR count). The van der Waals surface area contributed by atoms with Crippen molar-refractivity contribution in [1.82, 2.24) is 0 Å². The summed E-state index contributed by atoms with van der Waals surface area (Å²) in [6.07, 6.45) is 0. The van der Waals surface area contributed by atoms with E-state index in [9.17, 15) is 0 Å². The van der Waals surface area contributed by atoms with E-state index in [1.807, 2.05) is 11.3 Å². The highest BCUT2D eigenvalue weighted by atomic mass is 32.1. The Balaban J connectivity index is 1.19. The Morgan fingerprint density at radius 3 is 2.10 bits per heavy atom. The number of hydrogen-bond donors (Lipinski definition) is 0. The van der Waals surface area contributed by atoms with Gasteiger partial charge >= 0.3 is 0 Å². The van der Waals surface area contributed by atoms with Gasteiger partial charge in [0.25, 0.3) is 0 Å². The molecular weight excluding hydrogens is 619 g/mol. The molecule has 0 N–H and O–H groups in total. The van der Waals surface area contributed by atoms with Gasteiger partial charge < -0.3 is 9.32 Å². The third kappa shape index (κ3) is 3.97. The van der Waals surface area contributed by atoms with E-state index in [0.29, 0.717) is 0 Å². The molecule has 48 heavy (non-hydrogen) atoms. The first-order chi connectivity index (χ1) is 23.6. The molecule has 0 aliphatic carbocycles. The van der Waals surface area contributed by atoms with E-state index < -0.39 is 8.07 Å². The van der Waals surface area contributed by atoms with Crippen LogP contribution in [0.4, 0.5) is 17.1 Å². The quantitative estimate of drug-likeness (QED) is 0.176. The first-order valence-corrected chi connectivity index (χ1v) is 20.3. The molecule has 1 aliphatic heterocycles. The van der Waals surface area contributed by atoms with Gasteiger partial charge in [0, 0.05) is 43.2 Å². The van der Waals surface area contributed by atoms with Gasteiger partial charge in [-0.2, -0.15) is 0 Å². The second-order valence-corrected chi connectivity index (χ2v) is 18.7. The van der Waals surface area contributed by atoms with E-state index in [1.165, 1.54) is 74.9 Å². The van der Waals surface area contributed by atoms with Crippen molar-refractivity contribution in [3.05, 3.63) is 152 Å². The molecule has 0 fully saturated rings. The minimum atomic E-state index is -2.04. The van der Waals surface area contributed by atoms with E-state index >= 15 is 0 Å². The molecule has 0 radical (unpaired) electrons. The highest BCUT2D eigenvalue weighted by molar-refractivity contribution is 7.26. The average molecular weight is 650 g/mol. The lowest BCUT2D eigenvalue weighted by molar-refractivity contribution is 0.670. The maximum atomic E-state index is 6.60. The fourth-order valence-corrected chi connectivity index (χ4v) is 12.2.